The number of carbonyl (C=O) groups is 2. The topological polar surface area (TPSA) is 132 Å². The predicted molar refractivity (Wildman–Crippen MR) is 137 cm³/mol. The van der Waals surface area contributed by atoms with E-state index >= 15 is 0 Å². The number of amidine groups is 1. The molecule has 3 rings (SSSR count). The van der Waals surface area contributed by atoms with E-state index in [0.717, 1.165) is 30.2 Å². The molecule has 0 radical (unpaired) electrons. The Morgan fingerprint density at radius 3 is 2.56 bits per heavy atom. The fourth-order valence-corrected chi connectivity index (χ4v) is 4.78. The number of morpholine rings is 1. The van der Waals surface area contributed by atoms with Crippen molar-refractivity contribution in [3.05, 3.63) is 47.7 Å². The van der Waals surface area contributed by atoms with Crippen molar-refractivity contribution in [2.75, 3.05) is 44.8 Å². The van der Waals surface area contributed by atoms with Gasteiger partial charge in [-0.1, -0.05) is 11.8 Å². The van der Waals surface area contributed by atoms with Gasteiger partial charge < -0.3 is 25.4 Å². The third kappa shape index (κ3) is 8.78. The highest BCUT2D eigenvalue weighted by molar-refractivity contribution is 8.15. The fraction of sp³-hybridized carbons (Fsp3) is 0.458. The summed E-state index contributed by atoms with van der Waals surface area (Å²) < 4.78 is 60.4. The van der Waals surface area contributed by atoms with Crippen LogP contribution in [0.2, 0.25) is 0 Å². The number of amides is 2. The van der Waals surface area contributed by atoms with Crippen LogP contribution in [0.3, 0.4) is 0 Å². The summed E-state index contributed by atoms with van der Waals surface area (Å²) in [5, 5.41) is 2.73. The lowest BCUT2D eigenvalue weighted by atomic mass is 9.97. The van der Waals surface area contributed by atoms with E-state index in [9.17, 15) is 27.2 Å². The quantitative estimate of drug-likeness (QED) is 0.266. The van der Waals surface area contributed by atoms with Gasteiger partial charge >= 0.3 is 6.18 Å². The monoisotopic (exact) mass is 572 g/mol. The highest BCUT2D eigenvalue weighted by Gasteiger charge is 2.40. The van der Waals surface area contributed by atoms with Crippen LogP contribution >= 0.6 is 11.8 Å². The number of ether oxygens (including phenoxy) is 2. The van der Waals surface area contributed by atoms with Crippen molar-refractivity contribution in [1.82, 2.24) is 14.9 Å². The van der Waals surface area contributed by atoms with Crippen LogP contribution < -0.4 is 15.8 Å². The third-order valence-electron chi connectivity index (χ3n) is 5.47. The number of carbonyl (C=O) groups excluding carboxylic acids is 2. The van der Waals surface area contributed by atoms with Crippen LogP contribution in [0.15, 0.2) is 35.6 Å². The summed E-state index contributed by atoms with van der Waals surface area (Å²) in [7, 11) is 0. The minimum absolute atomic E-state index is 0.0611. The van der Waals surface area contributed by atoms with Gasteiger partial charge in [-0.05, 0) is 44.0 Å². The summed E-state index contributed by atoms with van der Waals surface area (Å²) in [4.78, 5) is 39.3. The fourth-order valence-electron chi connectivity index (χ4n) is 3.69. The van der Waals surface area contributed by atoms with E-state index in [0.29, 0.717) is 32.8 Å². The number of anilines is 1. The molecule has 1 aromatic heterocycles. The molecule has 0 aliphatic carbocycles. The van der Waals surface area contributed by atoms with Gasteiger partial charge in [-0.3, -0.25) is 14.6 Å². The standard InChI is InChI=1S/C24H28F4N6O4S/c1-3-30-22(29)39-23(2,21(36)34-6-8-37-9-7-34)11-15-10-16(4-5-17(15)25)33-20(35)18-12-32-19(13-31-18)38-14-24(26,27)28/h4-5,10,12-13H,3,6-9,11,14H2,1-2H3,(H2,29,30)(H,33,35)/t23-/m1/s1. The van der Waals surface area contributed by atoms with E-state index in [1.165, 1.54) is 12.1 Å². The molecule has 3 N–H and O–H groups in total. The molecule has 10 nitrogen and oxygen atoms in total. The van der Waals surface area contributed by atoms with E-state index < -0.39 is 35.1 Å². The Labute approximate surface area is 226 Å². The zero-order chi connectivity index (χ0) is 28.6. The number of aromatic nitrogens is 2. The largest absolute Gasteiger partial charge is 0.467 e. The van der Waals surface area contributed by atoms with E-state index in [1.54, 1.807) is 18.7 Å². The lowest BCUT2D eigenvalue weighted by Gasteiger charge is -2.36. The van der Waals surface area contributed by atoms with Gasteiger partial charge in [-0.25, -0.2) is 14.4 Å². The normalized spacial score (nSPS) is 15.9. The summed E-state index contributed by atoms with van der Waals surface area (Å²) >= 11 is 1.04. The van der Waals surface area contributed by atoms with E-state index in [4.69, 9.17) is 10.5 Å². The number of hydrogen-bond donors (Lipinski definition) is 2. The zero-order valence-electron chi connectivity index (χ0n) is 21.3. The average Bonchev–Trinajstić information content (AvgIpc) is 2.89. The molecular weight excluding hydrogens is 544 g/mol. The van der Waals surface area contributed by atoms with Crippen LogP contribution in [0.25, 0.3) is 0 Å². The highest BCUT2D eigenvalue weighted by Crippen LogP contribution is 2.33. The summed E-state index contributed by atoms with van der Waals surface area (Å²) in [6, 6.07) is 3.87. The Kier molecular flexibility index (Phi) is 10.1. The van der Waals surface area contributed by atoms with Gasteiger partial charge in [0.25, 0.3) is 5.91 Å². The van der Waals surface area contributed by atoms with E-state index in [1.807, 2.05) is 0 Å². The van der Waals surface area contributed by atoms with Crippen molar-refractivity contribution in [3.63, 3.8) is 0 Å². The first-order valence-corrected chi connectivity index (χ1v) is 12.7. The molecule has 39 heavy (non-hydrogen) atoms. The first-order valence-electron chi connectivity index (χ1n) is 11.9. The SMILES string of the molecule is CC/N=C(/N)S[C@](C)(Cc1cc(NC(=O)c2cnc(OCC(F)(F)F)cn2)ccc1F)C(=O)N1CCOCC1. The summed E-state index contributed by atoms with van der Waals surface area (Å²) in [5.41, 5.74) is 6.18. The molecule has 0 saturated carbocycles. The Morgan fingerprint density at radius 1 is 1.23 bits per heavy atom. The van der Waals surface area contributed by atoms with Crippen LogP contribution in [0.4, 0.5) is 23.2 Å². The van der Waals surface area contributed by atoms with Crippen molar-refractivity contribution < 1.29 is 36.6 Å². The van der Waals surface area contributed by atoms with Crippen LogP contribution in [-0.4, -0.2) is 82.2 Å². The molecule has 1 aliphatic rings. The van der Waals surface area contributed by atoms with Gasteiger partial charge in [-0.15, -0.1) is 0 Å². The second-order valence-corrected chi connectivity index (χ2v) is 10.2. The molecule has 1 saturated heterocycles. The summed E-state index contributed by atoms with van der Waals surface area (Å²) in [6.07, 6.45) is -2.77. The maximum atomic E-state index is 14.9. The van der Waals surface area contributed by atoms with Crippen molar-refractivity contribution >= 4 is 34.4 Å². The van der Waals surface area contributed by atoms with Gasteiger partial charge in [0.05, 0.1) is 25.6 Å². The van der Waals surface area contributed by atoms with Gasteiger partial charge in [0.15, 0.2) is 11.8 Å². The van der Waals surface area contributed by atoms with Crippen molar-refractivity contribution in [1.29, 1.82) is 0 Å². The molecule has 2 aromatic rings. The smallest absolute Gasteiger partial charge is 0.422 e. The molecule has 0 unspecified atom stereocenters. The molecule has 212 valence electrons. The van der Waals surface area contributed by atoms with Crippen molar-refractivity contribution in [2.45, 2.75) is 31.2 Å². The zero-order valence-corrected chi connectivity index (χ0v) is 22.1. The minimum Gasteiger partial charge on any atom is -0.467 e. The molecule has 0 spiro atoms. The number of aliphatic imine (C=N–C) groups is 1. The number of hydrogen-bond acceptors (Lipinski definition) is 8. The maximum Gasteiger partial charge on any atom is 0.422 e. The number of nitrogens with two attached hydrogens (primary N) is 1. The average molecular weight is 573 g/mol. The molecule has 1 fully saturated rings. The number of rotatable bonds is 9. The van der Waals surface area contributed by atoms with Crippen LogP contribution in [-0.2, 0) is 16.0 Å². The Balaban J connectivity index is 1.77. The summed E-state index contributed by atoms with van der Waals surface area (Å²) in [5.74, 6) is -1.97. The summed E-state index contributed by atoms with van der Waals surface area (Å²) in [6.45, 7) is 3.88. The molecule has 2 heterocycles. The Bertz CT molecular complexity index is 1190. The lowest BCUT2D eigenvalue weighted by molar-refractivity contribution is -0.154. The molecule has 1 atom stereocenters. The molecule has 1 aliphatic heterocycles. The first-order chi connectivity index (χ1) is 18.4. The number of alkyl halides is 3. The van der Waals surface area contributed by atoms with Crippen molar-refractivity contribution in [3.8, 4) is 5.88 Å². The van der Waals surface area contributed by atoms with Gasteiger partial charge in [0.1, 0.15) is 16.3 Å². The molecule has 2 amide bonds. The van der Waals surface area contributed by atoms with Gasteiger partial charge in [-0.2, -0.15) is 13.2 Å². The third-order valence-corrected chi connectivity index (χ3v) is 6.58. The van der Waals surface area contributed by atoms with Crippen LogP contribution in [0.1, 0.15) is 29.9 Å². The number of nitrogens with zero attached hydrogens (tertiary/aromatic N) is 4. The predicted octanol–water partition coefficient (Wildman–Crippen LogP) is 3.04. The van der Waals surface area contributed by atoms with Gasteiger partial charge in [0.2, 0.25) is 11.8 Å². The second-order valence-electron chi connectivity index (χ2n) is 8.63. The van der Waals surface area contributed by atoms with E-state index in [2.05, 4.69) is 25.0 Å². The highest BCUT2D eigenvalue weighted by atomic mass is 32.2. The maximum absolute atomic E-state index is 14.9. The molecular formula is C24H28F4N6O4S. The Hall–Kier alpha value is -3.46. The van der Waals surface area contributed by atoms with Gasteiger partial charge in [0, 0.05) is 25.3 Å². The molecule has 15 heteroatoms. The van der Waals surface area contributed by atoms with E-state index in [-0.39, 0.29) is 34.4 Å². The Morgan fingerprint density at radius 2 is 1.95 bits per heavy atom. The number of thioether (sulfide) groups is 1. The van der Waals surface area contributed by atoms with Crippen LogP contribution in [0, 0.1) is 5.82 Å². The number of nitrogens with one attached hydrogen (secondary N) is 1. The lowest BCUT2D eigenvalue weighted by Crippen LogP contribution is -2.51. The second kappa shape index (κ2) is 13.1. The van der Waals surface area contributed by atoms with Crippen LogP contribution in [0.5, 0.6) is 5.88 Å². The van der Waals surface area contributed by atoms with Crippen molar-refractivity contribution in [2.24, 2.45) is 10.7 Å². The molecule has 1 aromatic carbocycles. The number of benzene rings is 1. The first kappa shape index (κ1) is 30.1. The minimum atomic E-state index is -4.55. The molecule has 0 bridgehead atoms. The number of halogens is 4.